The molecule has 1 saturated carbocycles. The minimum Gasteiger partial charge on any atom is -0.0622 e. The van der Waals surface area contributed by atoms with Crippen LogP contribution in [0, 0.1) is 22.7 Å². The fraction of sp³-hybridized carbons (Fsp3) is 1.00. The summed E-state index contributed by atoms with van der Waals surface area (Å²) in [6.07, 6.45) is 4.29. The van der Waals surface area contributed by atoms with Gasteiger partial charge in [-0.2, -0.15) is 0 Å². The van der Waals surface area contributed by atoms with Gasteiger partial charge in [-0.25, -0.2) is 0 Å². The van der Waals surface area contributed by atoms with Gasteiger partial charge in [0.05, 0.1) is 0 Å². The second-order valence-electron chi connectivity index (χ2n) is 6.38. The Kier molecular flexibility index (Phi) is 2.81. The molecule has 0 atom stereocenters. The molecule has 0 N–H and O–H groups in total. The third-order valence-electron chi connectivity index (χ3n) is 4.37. The van der Waals surface area contributed by atoms with E-state index in [0.717, 1.165) is 11.8 Å². The van der Waals surface area contributed by atoms with Crippen LogP contribution in [0.5, 0.6) is 0 Å². The maximum Gasteiger partial charge on any atom is -0.0246 e. The first kappa shape index (κ1) is 11.1. The topological polar surface area (TPSA) is 0 Å². The third-order valence-corrected chi connectivity index (χ3v) is 4.37. The normalized spacial score (nSPS) is 25.8. The van der Waals surface area contributed by atoms with Crippen LogP contribution in [0.15, 0.2) is 0 Å². The first-order chi connectivity index (χ1) is 5.80. The molecule has 0 aliphatic heterocycles. The molecule has 13 heavy (non-hydrogen) atoms. The first-order valence-electron chi connectivity index (χ1n) is 5.80. The summed E-state index contributed by atoms with van der Waals surface area (Å²) in [5, 5.41) is 0. The molecular weight excluding hydrogens is 156 g/mol. The van der Waals surface area contributed by atoms with Gasteiger partial charge in [-0.1, -0.05) is 41.5 Å². The average Bonchev–Trinajstić information content (AvgIpc) is 2.27. The summed E-state index contributed by atoms with van der Waals surface area (Å²) in [6.45, 7) is 14.5. The van der Waals surface area contributed by atoms with Gasteiger partial charge in [-0.3, -0.25) is 0 Å². The van der Waals surface area contributed by atoms with Gasteiger partial charge in [0.15, 0.2) is 0 Å². The zero-order chi connectivity index (χ0) is 10.3. The van der Waals surface area contributed by atoms with Gasteiger partial charge in [0.25, 0.3) is 0 Å². The quantitative estimate of drug-likeness (QED) is 0.590. The summed E-state index contributed by atoms with van der Waals surface area (Å²) in [5.74, 6) is 1.68. The Hall–Kier alpha value is 0. The van der Waals surface area contributed by atoms with Crippen LogP contribution in [-0.2, 0) is 0 Å². The van der Waals surface area contributed by atoms with Gasteiger partial charge in [-0.15, -0.1) is 0 Å². The summed E-state index contributed by atoms with van der Waals surface area (Å²) in [4.78, 5) is 0. The van der Waals surface area contributed by atoms with Gasteiger partial charge in [-0.05, 0) is 41.9 Å². The van der Waals surface area contributed by atoms with Crippen LogP contribution in [-0.4, -0.2) is 0 Å². The zero-order valence-electron chi connectivity index (χ0n) is 10.3. The van der Waals surface area contributed by atoms with E-state index in [-0.39, 0.29) is 0 Å². The summed E-state index contributed by atoms with van der Waals surface area (Å²) in [6, 6.07) is 0. The molecule has 0 bridgehead atoms. The van der Waals surface area contributed by atoms with E-state index in [9.17, 15) is 0 Å². The van der Waals surface area contributed by atoms with Crippen molar-refractivity contribution in [3.63, 3.8) is 0 Å². The lowest BCUT2D eigenvalue weighted by Crippen LogP contribution is -2.31. The average molecular weight is 182 g/mol. The van der Waals surface area contributed by atoms with Gasteiger partial charge in [0, 0.05) is 0 Å². The van der Waals surface area contributed by atoms with E-state index in [1.807, 2.05) is 0 Å². The number of hydrogen-bond donors (Lipinski definition) is 0. The predicted octanol–water partition coefficient (Wildman–Crippen LogP) is 4.49. The Morgan fingerprint density at radius 1 is 0.846 bits per heavy atom. The molecule has 78 valence electrons. The second kappa shape index (κ2) is 3.29. The Balaban J connectivity index is 2.84. The molecule has 1 aliphatic carbocycles. The Bertz CT molecular complexity index is 166. The molecule has 0 heterocycles. The van der Waals surface area contributed by atoms with Crippen molar-refractivity contribution in [1.29, 1.82) is 0 Å². The van der Waals surface area contributed by atoms with Gasteiger partial charge >= 0.3 is 0 Å². The smallest absolute Gasteiger partial charge is 0.0246 e. The van der Waals surface area contributed by atoms with Crippen molar-refractivity contribution in [2.24, 2.45) is 22.7 Å². The van der Waals surface area contributed by atoms with Crippen LogP contribution in [0.3, 0.4) is 0 Å². The molecule has 0 aromatic heterocycles. The van der Waals surface area contributed by atoms with Gasteiger partial charge in [0.1, 0.15) is 0 Å². The lowest BCUT2D eigenvalue weighted by Gasteiger charge is -2.39. The van der Waals surface area contributed by atoms with E-state index in [0.29, 0.717) is 10.8 Å². The Morgan fingerprint density at radius 2 is 1.31 bits per heavy atom. The van der Waals surface area contributed by atoms with Crippen LogP contribution in [0.2, 0.25) is 0 Å². The van der Waals surface area contributed by atoms with E-state index >= 15 is 0 Å². The Morgan fingerprint density at radius 3 is 1.46 bits per heavy atom. The molecule has 0 aromatic carbocycles. The Labute approximate surface area is 84.1 Å². The molecule has 0 aromatic rings. The van der Waals surface area contributed by atoms with E-state index < -0.39 is 0 Å². The van der Waals surface area contributed by atoms with Crippen molar-refractivity contribution in [2.45, 2.75) is 60.8 Å². The highest BCUT2D eigenvalue weighted by Gasteiger charge is 2.46. The largest absolute Gasteiger partial charge is 0.0622 e. The molecular formula is C13H26. The van der Waals surface area contributed by atoms with E-state index in [1.165, 1.54) is 19.3 Å². The molecule has 1 aliphatic rings. The van der Waals surface area contributed by atoms with E-state index in [4.69, 9.17) is 0 Å². The lowest BCUT2D eigenvalue weighted by molar-refractivity contribution is 0.104. The van der Waals surface area contributed by atoms with E-state index in [2.05, 4.69) is 41.5 Å². The van der Waals surface area contributed by atoms with Crippen molar-refractivity contribution >= 4 is 0 Å². The van der Waals surface area contributed by atoms with Crippen LogP contribution >= 0.6 is 0 Å². The highest BCUT2D eigenvalue weighted by Crippen LogP contribution is 2.56. The molecule has 0 spiro atoms. The molecule has 1 fully saturated rings. The molecule has 0 heteroatoms. The highest BCUT2D eigenvalue weighted by atomic mass is 14.5. The summed E-state index contributed by atoms with van der Waals surface area (Å²) in [5.41, 5.74) is 1.22. The van der Waals surface area contributed by atoms with Crippen molar-refractivity contribution < 1.29 is 0 Å². The fourth-order valence-corrected chi connectivity index (χ4v) is 3.29. The summed E-state index contributed by atoms with van der Waals surface area (Å²) < 4.78 is 0. The van der Waals surface area contributed by atoms with Crippen molar-refractivity contribution in [2.75, 3.05) is 0 Å². The molecule has 0 nitrogen and oxygen atoms in total. The van der Waals surface area contributed by atoms with Crippen LogP contribution in [0.4, 0.5) is 0 Å². The maximum atomic E-state index is 2.43. The monoisotopic (exact) mass is 182 g/mol. The standard InChI is InChI=1S/C13H26/c1-10(2)13(11(3)4)8-7-12(5,6)9-13/h10-11H,7-9H2,1-6H3. The van der Waals surface area contributed by atoms with Gasteiger partial charge < -0.3 is 0 Å². The number of hydrogen-bond acceptors (Lipinski definition) is 0. The second-order valence-corrected chi connectivity index (χ2v) is 6.38. The SMILES string of the molecule is CC(C)C1(C(C)C)CCC(C)(C)C1. The molecule has 0 amide bonds. The summed E-state index contributed by atoms with van der Waals surface area (Å²) >= 11 is 0. The molecule has 0 radical (unpaired) electrons. The molecule has 1 rings (SSSR count). The molecule has 0 unspecified atom stereocenters. The van der Waals surface area contributed by atoms with Crippen molar-refractivity contribution in [3.05, 3.63) is 0 Å². The maximum absolute atomic E-state index is 2.43. The zero-order valence-corrected chi connectivity index (χ0v) is 10.3. The highest BCUT2D eigenvalue weighted by molar-refractivity contribution is 4.96. The molecule has 0 saturated heterocycles. The third kappa shape index (κ3) is 1.92. The van der Waals surface area contributed by atoms with Crippen LogP contribution in [0.25, 0.3) is 0 Å². The fourth-order valence-electron chi connectivity index (χ4n) is 3.29. The van der Waals surface area contributed by atoms with Crippen LogP contribution < -0.4 is 0 Å². The predicted molar refractivity (Wildman–Crippen MR) is 59.7 cm³/mol. The van der Waals surface area contributed by atoms with Gasteiger partial charge in [0.2, 0.25) is 0 Å². The van der Waals surface area contributed by atoms with Crippen LogP contribution in [0.1, 0.15) is 60.8 Å². The number of rotatable bonds is 2. The van der Waals surface area contributed by atoms with Crippen molar-refractivity contribution in [1.82, 2.24) is 0 Å². The minimum absolute atomic E-state index is 0.592. The lowest BCUT2D eigenvalue weighted by atomic mass is 9.66. The van der Waals surface area contributed by atoms with E-state index in [1.54, 1.807) is 0 Å². The first-order valence-corrected chi connectivity index (χ1v) is 5.80. The van der Waals surface area contributed by atoms with Crippen molar-refractivity contribution in [3.8, 4) is 0 Å². The summed E-state index contributed by atoms with van der Waals surface area (Å²) in [7, 11) is 0. The minimum atomic E-state index is 0.592.